The molecule has 3 atom stereocenters. The van der Waals surface area contributed by atoms with Crippen LogP contribution in [0.3, 0.4) is 0 Å². The van der Waals surface area contributed by atoms with Crippen LogP contribution >= 0.6 is 11.8 Å². The van der Waals surface area contributed by atoms with Crippen LogP contribution in [0, 0.1) is 28.2 Å². The average Bonchev–Trinajstić information content (AvgIpc) is 3.10. The minimum absolute atomic E-state index is 0.0239. The Hall–Kier alpha value is -3.07. The Bertz CT molecular complexity index is 1110. The second-order valence-electron chi connectivity index (χ2n) is 7.29. The van der Waals surface area contributed by atoms with E-state index < -0.39 is 51.8 Å². The van der Waals surface area contributed by atoms with Crippen LogP contribution in [0.5, 0.6) is 5.75 Å². The van der Waals surface area contributed by atoms with Gasteiger partial charge in [0.2, 0.25) is 11.7 Å². The second-order valence-corrected chi connectivity index (χ2v) is 8.93. The molecule has 0 aliphatic carbocycles. The van der Waals surface area contributed by atoms with Gasteiger partial charge in [0.15, 0.2) is 23.8 Å². The molecule has 32 heavy (non-hydrogen) atoms. The number of carbonyl (C=O) groups is 1. The van der Waals surface area contributed by atoms with Gasteiger partial charge in [0, 0.05) is 23.6 Å². The molecular formula is C20H16F5N3O3S. The summed E-state index contributed by atoms with van der Waals surface area (Å²) in [7, 11) is 1.05. The Balaban J connectivity index is 2.02. The molecule has 2 aromatic rings. The van der Waals surface area contributed by atoms with E-state index in [4.69, 9.17) is 10.00 Å². The first kappa shape index (κ1) is 23.6. The lowest BCUT2D eigenvalue weighted by molar-refractivity contribution is -0.608. The first-order chi connectivity index (χ1) is 14.9. The lowest BCUT2D eigenvalue weighted by Gasteiger charge is -2.26. The third kappa shape index (κ3) is 4.17. The van der Waals surface area contributed by atoms with E-state index in [0.29, 0.717) is 11.8 Å². The topological polar surface area (TPSA) is 89.1 Å². The number of halogens is 5. The number of ether oxygens (including phenoxy) is 1. The number of nitriles is 1. The zero-order valence-electron chi connectivity index (χ0n) is 16.7. The summed E-state index contributed by atoms with van der Waals surface area (Å²) < 4.78 is 72.0. The van der Waals surface area contributed by atoms with Gasteiger partial charge in [0.05, 0.1) is 18.0 Å². The molecule has 170 valence electrons. The van der Waals surface area contributed by atoms with E-state index in [1.54, 1.807) is 6.07 Å². The number of anilines is 1. The fraction of sp³-hybridized carbons (Fsp3) is 0.350. The highest BCUT2D eigenvalue weighted by Crippen LogP contribution is 2.59. The molecule has 1 N–H and O–H groups in total. The van der Waals surface area contributed by atoms with Crippen LogP contribution in [0.4, 0.5) is 27.6 Å². The molecule has 0 unspecified atom stereocenters. The Morgan fingerprint density at radius 1 is 1.38 bits per heavy atom. The van der Waals surface area contributed by atoms with Crippen molar-refractivity contribution in [3.8, 4) is 11.8 Å². The molecule has 2 heterocycles. The first-order valence-electron chi connectivity index (χ1n) is 9.12. The predicted octanol–water partition coefficient (Wildman–Crippen LogP) is 4.03. The van der Waals surface area contributed by atoms with Crippen molar-refractivity contribution in [1.82, 2.24) is 0 Å². The van der Waals surface area contributed by atoms with Crippen LogP contribution in [-0.4, -0.2) is 29.2 Å². The predicted molar refractivity (Wildman–Crippen MR) is 105 cm³/mol. The number of aromatic nitrogens is 1. The van der Waals surface area contributed by atoms with Crippen LogP contribution in [0.1, 0.15) is 30.5 Å². The van der Waals surface area contributed by atoms with Crippen LogP contribution in [0.2, 0.25) is 0 Å². The van der Waals surface area contributed by atoms with Crippen molar-refractivity contribution < 1.29 is 36.2 Å². The van der Waals surface area contributed by atoms with Crippen LogP contribution < -0.4 is 14.8 Å². The minimum atomic E-state index is -4.69. The number of hydrogen-bond donors (Lipinski definition) is 1. The van der Waals surface area contributed by atoms with Crippen molar-refractivity contribution in [2.45, 2.75) is 35.4 Å². The van der Waals surface area contributed by atoms with E-state index in [2.05, 4.69) is 5.32 Å². The fourth-order valence-electron chi connectivity index (χ4n) is 3.54. The average molecular weight is 473 g/mol. The van der Waals surface area contributed by atoms with Crippen LogP contribution in [0.15, 0.2) is 30.5 Å². The highest BCUT2D eigenvalue weighted by atomic mass is 32.2. The molecule has 1 fully saturated rings. The van der Waals surface area contributed by atoms with Crippen molar-refractivity contribution in [2.24, 2.45) is 0 Å². The fourth-order valence-corrected chi connectivity index (χ4v) is 5.08. The molecule has 0 saturated carbocycles. The number of pyridine rings is 1. The molecule has 3 rings (SSSR count). The van der Waals surface area contributed by atoms with E-state index in [-0.39, 0.29) is 21.7 Å². The van der Waals surface area contributed by atoms with Gasteiger partial charge in [-0.2, -0.15) is 27.6 Å². The quantitative estimate of drug-likeness (QED) is 0.412. The Morgan fingerprint density at radius 2 is 2.06 bits per heavy atom. The molecule has 1 aromatic heterocycles. The number of hydrogen-bond acceptors (Lipinski definition) is 5. The summed E-state index contributed by atoms with van der Waals surface area (Å²) in [6, 6.07) is 5.74. The number of nitrogens with one attached hydrogen (secondary N) is 1. The molecule has 6 nitrogen and oxygen atoms in total. The maximum atomic E-state index is 14.2. The van der Waals surface area contributed by atoms with Gasteiger partial charge in [0.25, 0.3) is 5.69 Å². The third-order valence-corrected chi connectivity index (χ3v) is 6.92. The molecule has 12 heteroatoms. The maximum Gasteiger partial charge on any atom is 0.403 e. The van der Waals surface area contributed by atoms with Crippen molar-refractivity contribution in [1.29, 1.82) is 5.26 Å². The lowest BCUT2D eigenvalue weighted by Crippen LogP contribution is -2.37. The first-order valence-corrected chi connectivity index (χ1v) is 10.0. The Kier molecular flexibility index (Phi) is 6.24. The standard InChI is InChI=1S/C20H16F5N3O3S/c1-19(20(23,24)25)8-13(12-3-4-14(21)15(22)16(12)31-2)17(32-19)18(29)27-10-5-6-28(30)11(7-10)9-26/h3-7,13,17H,8H2,1-2H3,(H,27,29)/t13-,17+,19+/m0/s1. The van der Waals surface area contributed by atoms with Crippen molar-refractivity contribution in [3.63, 3.8) is 0 Å². The molecule has 0 radical (unpaired) electrons. The van der Waals surface area contributed by atoms with Crippen LogP contribution in [-0.2, 0) is 4.79 Å². The summed E-state index contributed by atoms with van der Waals surface area (Å²) >= 11 is 0.352. The van der Waals surface area contributed by atoms with E-state index in [0.717, 1.165) is 38.4 Å². The zero-order chi connectivity index (χ0) is 23.8. The SMILES string of the molecule is COc1c([C@@H]2C[C@](C)(C(F)(F)F)S[C@H]2C(=O)Nc2cc[n+]([O-])c(C#N)c2)ccc(F)c1F. The number of nitrogens with zero attached hydrogens (tertiary/aromatic N) is 2. The number of rotatable bonds is 4. The molecular weight excluding hydrogens is 457 g/mol. The molecule has 1 aliphatic heterocycles. The highest BCUT2D eigenvalue weighted by molar-refractivity contribution is 8.02. The number of carbonyl (C=O) groups excluding carboxylic acids is 1. The largest absolute Gasteiger partial charge is 0.618 e. The van der Waals surface area contributed by atoms with Crippen molar-refractivity contribution >= 4 is 23.4 Å². The van der Waals surface area contributed by atoms with Gasteiger partial charge in [-0.25, -0.2) is 4.39 Å². The molecule has 0 bridgehead atoms. The van der Waals surface area contributed by atoms with Gasteiger partial charge in [0.1, 0.15) is 4.75 Å². The van der Waals surface area contributed by atoms with E-state index >= 15 is 0 Å². The number of amides is 1. The monoisotopic (exact) mass is 473 g/mol. The molecule has 1 saturated heterocycles. The Morgan fingerprint density at radius 3 is 2.66 bits per heavy atom. The normalized spacial score (nSPS) is 22.9. The van der Waals surface area contributed by atoms with Crippen LogP contribution in [0.25, 0.3) is 0 Å². The number of thioether (sulfide) groups is 1. The van der Waals surface area contributed by atoms with Crippen molar-refractivity contribution in [3.05, 3.63) is 58.6 Å². The second kappa shape index (κ2) is 8.46. The van der Waals surface area contributed by atoms with Gasteiger partial charge in [-0.3, -0.25) is 4.79 Å². The molecule has 1 amide bonds. The lowest BCUT2D eigenvalue weighted by atomic mass is 9.85. The third-order valence-electron chi connectivity index (χ3n) is 5.21. The summed E-state index contributed by atoms with van der Waals surface area (Å²) in [5, 5.41) is 21.5. The van der Waals surface area contributed by atoms with Gasteiger partial charge in [-0.1, -0.05) is 6.07 Å². The summed E-state index contributed by atoms with van der Waals surface area (Å²) in [5.41, 5.74) is -0.383. The van der Waals surface area contributed by atoms with Gasteiger partial charge >= 0.3 is 6.18 Å². The maximum absolute atomic E-state index is 14.2. The highest BCUT2D eigenvalue weighted by Gasteiger charge is 2.60. The Labute approximate surface area is 183 Å². The molecule has 1 aliphatic rings. The van der Waals surface area contributed by atoms with Gasteiger partial charge in [-0.15, -0.1) is 11.8 Å². The summed E-state index contributed by atoms with van der Waals surface area (Å²) in [6.45, 7) is 0.932. The molecule has 1 aromatic carbocycles. The van der Waals surface area contributed by atoms with Gasteiger partial charge < -0.3 is 15.3 Å². The summed E-state index contributed by atoms with van der Waals surface area (Å²) in [6.07, 6.45) is -4.31. The van der Waals surface area contributed by atoms with Crippen molar-refractivity contribution in [2.75, 3.05) is 12.4 Å². The zero-order valence-corrected chi connectivity index (χ0v) is 17.5. The van der Waals surface area contributed by atoms with E-state index in [9.17, 15) is 32.0 Å². The van der Waals surface area contributed by atoms with Gasteiger partial charge in [-0.05, 0) is 19.4 Å². The smallest absolute Gasteiger partial charge is 0.403 e. The number of benzene rings is 1. The van der Waals surface area contributed by atoms with E-state index in [1.165, 1.54) is 6.07 Å². The van der Waals surface area contributed by atoms with E-state index in [1.807, 2.05) is 0 Å². The summed E-state index contributed by atoms with van der Waals surface area (Å²) in [4.78, 5) is 13.0. The minimum Gasteiger partial charge on any atom is -0.618 e. The number of alkyl halides is 3. The molecule has 0 spiro atoms. The summed E-state index contributed by atoms with van der Waals surface area (Å²) in [5.74, 6) is -5.20. The number of methoxy groups -OCH3 is 1.